The molecule has 0 aliphatic heterocycles. The van der Waals surface area contributed by atoms with E-state index < -0.39 is 12.0 Å². The molecule has 0 unspecified atom stereocenters. The molecule has 0 fully saturated rings. The van der Waals surface area contributed by atoms with Gasteiger partial charge >= 0.3 is 47.6 Å². The molecule has 0 bridgehead atoms. The molecule has 0 aromatic heterocycles. The van der Waals surface area contributed by atoms with Crippen molar-refractivity contribution in [1.29, 1.82) is 0 Å². The van der Waals surface area contributed by atoms with Gasteiger partial charge in [0, 0.05) is 0 Å². The number of nitrogens with two attached hydrogens (primary N) is 2. The molecule has 2 nitrogen and oxygen atoms in total. The van der Waals surface area contributed by atoms with Crippen molar-refractivity contribution in [1.82, 2.24) is 0 Å². The van der Waals surface area contributed by atoms with Gasteiger partial charge in [-0.1, -0.05) is 0 Å². The van der Waals surface area contributed by atoms with Crippen LogP contribution in [-0.2, 0) is 12.0 Å². The first-order valence-corrected chi connectivity index (χ1v) is 9.51. The van der Waals surface area contributed by atoms with E-state index in [-0.39, 0.29) is 0 Å². The summed E-state index contributed by atoms with van der Waals surface area (Å²) in [6, 6.07) is 0. The zero-order valence-corrected chi connectivity index (χ0v) is 6.95. The molecule has 0 radical (unpaired) electrons. The van der Waals surface area contributed by atoms with E-state index in [1.165, 1.54) is 0 Å². The molecule has 0 saturated heterocycles. The van der Waals surface area contributed by atoms with Gasteiger partial charge in [0.1, 0.15) is 0 Å². The number of hydrogen-bond donors (Lipinski definition) is 2. The van der Waals surface area contributed by atoms with E-state index in [2.05, 4.69) is 26.9 Å². The van der Waals surface area contributed by atoms with Crippen LogP contribution in [0.3, 0.4) is 0 Å². The van der Waals surface area contributed by atoms with Gasteiger partial charge in [-0.25, -0.2) is 0 Å². The van der Waals surface area contributed by atoms with Gasteiger partial charge in [0.25, 0.3) is 0 Å². The molecule has 4 N–H and O–H groups in total. The van der Waals surface area contributed by atoms with E-state index in [1.807, 2.05) is 0 Å². The van der Waals surface area contributed by atoms with Crippen LogP contribution in [-0.4, -0.2) is 0 Å². The van der Waals surface area contributed by atoms with E-state index in [9.17, 15) is 0 Å². The quantitative estimate of drug-likeness (QED) is 0.640. The molecule has 0 rings (SSSR count). The Bertz CT molecular complexity index is 23.1. The van der Waals surface area contributed by atoms with Gasteiger partial charge in [-0.15, -0.1) is 0 Å². The molecule has 0 aromatic rings. The summed E-state index contributed by atoms with van der Waals surface area (Å²) in [5, 5.41) is 0. The van der Waals surface area contributed by atoms with Crippen molar-refractivity contribution in [2.45, 2.75) is 0 Å². The Balaban J connectivity index is 3.02. The zero-order valence-electron chi connectivity index (χ0n) is 2.23. The normalized spacial score (nSPS) is 15.2. The number of rotatable bonds is 0. The minimum absolute atomic E-state index is 2.08. The molecule has 5 heavy (non-hydrogen) atoms. The summed E-state index contributed by atoms with van der Waals surface area (Å²) in [5.74, 6) is 0. The SMILES string of the molecule is [NH2][Pd]([NH2])([Br])[Br]. The van der Waals surface area contributed by atoms with Gasteiger partial charge in [-0.05, 0) is 0 Å². The molecule has 0 aliphatic rings. The summed E-state index contributed by atoms with van der Waals surface area (Å²) < 4.78 is 10.2. The average Bonchev–Trinajstić information content (AvgIpc) is 0.722. The molecule has 0 spiro atoms. The van der Waals surface area contributed by atoms with Gasteiger partial charge in [0.2, 0.25) is 0 Å². The maximum atomic E-state index is 5.12. The van der Waals surface area contributed by atoms with Crippen molar-refractivity contribution in [3.05, 3.63) is 0 Å². The molecule has 0 saturated carbocycles. The molecule has 0 aliphatic carbocycles. The Morgan fingerprint density at radius 1 is 1.20 bits per heavy atom. The van der Waals surface area contributed by atoms with Gasteiger partial charge in [0.05, 0.1) is 0 Å². The van der Waals surface area contributed by atoms with Gasteiger partial charge in [0.15, 0.2) is 0 Å². The third kappa shape index (κ3) is 29.2. The summed E-state index contributed by atoms with van der Waals surface area (Å²) >= 11 is 3.92. The van der Waals surface area contributed by atoms with Crippen LogP contribution in [0, 0.1) is 0 Å². The maximum absolute atomic E-state index is 5.12. The fourth-order valence-corrected chi connectivity index (χ4v) is 0. The molecular formula is H4Br2N2Pd. The zero-order chi connectivity index (χ0) is 4.50. The van der Waals surface area contributed by atoms with E-state index in [1.54, 1.807) is 0 Å². The summed E-state index contributed by atoms with van der Waals surface area (Å²) in [5.41, 5.74) is 0. The van der Waals surface area contributed by atoms with Crippen LogP contribution in [0.5, 0.6) is 0 Å². The van der Waals surface area contributed by atoms with E-state index in [0.29, 0.717) is 0 Å². The van der Waals surface area contributed by atoms with Gasteiger partial charge < -0.3 is 0 Å². The Hall–Kier alpha value is 1.54. The second kappa shape index (κ2) is 2.01. The summed E-state index contributed by atoms with van der Waals surface area (Å²) in [4.78, 5) is 0. The molecule has 0 atom stereocenters. The molecule has 0 heterocycles. The first-order valence-electron chi connectivity index (χ1n) is 0.604. The molecular weight excluding hydrogens is 294 g/mol. The monoisotopic (exact) mass is 296 g/mol. The van der Waals surface area contributed by atoms with Crippen molar-refractivity contribution in [3.63, 3.8) is 0 Å². The summed E-state index contributed by atoms with van der Waals surface area (Å²) in [7, 11) is 0. The second-order valence-corrected chi connectivity index (χ2v) is 16.3. The molecule has 0 amide bonds. The van der Waals surface area contributed by atoms with Crippen LogP contribution >= 0.6 is 26.9 Å². The molecule has 0 aromatic carbocycles. The van der Waals surface area contributed by atoms with E-state index in [4.69, 9.17) is 8.73 Å². The van der Waals surface area contributed by atoms with Crippen LogP contribution in [0.1, 0.15) is 0 Å². The van der Waals surface area contributed by atoms with Crippen LogP contribution in [0.25, 0.3) is 0 Å². The standard InChI is InChI=1S/2BrH.2H2N.Pd/h2*1H;2*1H2;/q;;2*-1;+4/p-2. The molecule has 5 heteroatoms. The Kier molecular flexibility index (Phi) is 2.63. The predicted molar refractivity (Wildman–Crippen MR) is 26.2 cm³/mol. The van der Waals surface area contributed by atoms with Crippen LogP contribution < -0.4 is 8.73 Å². The van der Waals surface area contributed by atoms with Gasteiger partial charge in [-0.2, -0.15) is 0 Å². The topological polar surface area (TPSA) is 52.0 Å². The first kappa shape index (κ1) is 6.54. The fourth-order valence-electron chi connectivity index (χ4n) is 0. The average molecular weight is 298 g/mol. The first-order chi connectivity index (χ1) is 2.00. The summed E-state index contributed by atoms with van der Waals surface area (Å²) in [6.45, 7) is 0. The van der Waals surface area contributed by atoms with Crippen LogP contribution in [0.2, 0.25) is 0 Å². The Morgan fingerprint density at radius 3 is 1.20 bits per heavy atom. The Labute approximate surface area is 47.3 Å². The van der Waals surface area contributed by atoms with Crippen LogP contribution in [0.15, 0.2) is 0 Å². The van der Waals surface area contributed by atoms with Crippen molar-refractivity contribution in [2.24, 2.45) is 8.73 Å². The minimum atomic E-state index is -2.08. The van der Waals surface area contributed by atoms with Crippen molar-refractivity contribution in [2.75, 3.05) is 0 Å². The number of hydrogen-bond acceptors (Lipinski definition) is 2. The third-order valence-corrected chi connectivity index (χ3v) is 0. The van der Waals surface area contributed by atoms with E-state index >= 15 is 0 Å². The van der Waals surface area contributed by atoms with Crippen molar-refractivity contribution in [3.8, 4) is 0 Å². The van der Waals surface area contributed by atoms with Crippen molar-refractivity contribution < 1.29 is 12.0 Å². The predicted octanol–water partition coefficient (Wildman–Crippen LogP) is 0.508. The summed E-state index contributed by atoms with van der Waals surface area (Å²) in [6.07, 6.45) is 0. The van der Waals surface area contributed by atoms with Gasteiger partial charge in [-0.3, -0.25) is 0 Å². The Morgan fingerprint density at radius 2 is 1.20 bits per heavy atom. The van der Waals surface area contributed by atoms with E-state index in [0.717, 1.165) is 0 Å². The fraction of sp³-hybridized carbons (Fsp3) is 0. The second-order valence-electron chi connectivity index (χ2n) is 0.427. The van der Waals surface area contributed by atoms with Crippen molar-refractivity contribution >= 4 is 26.9 Å². The number of halogens is 2. The molecule has 38 valence electrons. The third-order valence-electron chi connectivity index (χ3n) is 0. The van der Waals surface area contributed by atoms with Crippen LogP contribution in [0.4, 0.5) is 0 Å².